The van der Waals surface area contributed by atoms with Crippen LogP contribution in [0, 0.1) is 34.6 Å². The summed E-state index contributed by atoms with van der Waals surface area (Å²) in [6.07, 6.45) is -2.66. The number of hydrogen-bond donors (Lipinski definition) is 4. The molecule has 3 aromatic rings. The summed E-state index contributed by atoms with van der Waals surface area (Å²) in [6.45, 7) is 16.3. The summed E-state index contributed by atoms with van der Waals surface area (Å²) in [5, 5.41) is 24.7. The smallest absolute Gasteiger partial charge is 0.182 e. The van der Waals surface area contributed by atoms with Crippen LogP contribution in [0.25, 0.3) is 22.3 Å². The van der Waals surface area contributed by atoms with Gasteiger partial charge in [-0.25, -0.2) is 0 Å². The zero-order valence-electron chi connectivity index (χ0n) is 22.5. The summed E-state index contributed by atoms with van der Waals surface area (Å²) in [5.41, 5.74) is 17.2. The number of aliphatic hydroxyl groups excluding tert-OH is 1. The maximum absolute atomic E-state index is 10.6. The van der Waals surface area contributed by atoms with Crippen molar-refractivity contribution in [1.82, 2.24) is 0 Å². The normalized spacial score (nSPS) is 16.3. The van der Waals surface area contributed by atoms with Crippen molar-refractivity contribution < 1.29 is 14.9 Å². The van der Waals surface area contributed by atoms with Gasteiger partial charge < -0.3 is 26.0 Å². The number of thioether (sulfide) groups is 1. The van der Waals surface area contributed by atoms with E-state index >= 15 is 0 Å². The standard InChI is InChI=1S/C30H38N2O3S/c1-15-9-11-20(13-17(15)3)22-19(5)23(21-12-10-16(2)18(4)14-21)25-27(36-29(31)32-25)24(22)26(28(33)34)35-30(6,7)8/h9-14,26,28-29,32-34H,31H2,1-8H3. The second-order valence-electron chi connectivity index (χ2n) is 10.8. The minimum Gasteiger partial charge on any atom is -0.366 e. The van der Waals surface area contributed by atoms with Crippen molar-refractivity contribution in [2.24, 2.45) is 5.73 Å². The first kappa shape index (κ1) is 26.7. The molecule has 6 heteroatoms. The Balaban J connectivity index is 2.14. The lowest BCUT2D eigenvalue weighted by atomic mass is 9.84. The first-order valence-corrected chi connectivity index (χ1v) is 13.2. The number of fused-ring (bicyclic) bond motifs is 1. The molecule has 1 aliphatic heterocycles. The van der Waals surface area contributed by atoms with E-state index in [9.17, 15) is 10.2 Å². The molecular formula is C30H38N2O3S. The molecule has 0 spiro atoms. The van der Waals surface area contributed by atoms with Gasteiger partial charge in [-0.3, -0.25) is 0 Å². The lowest BCUT2D eigenvalue weighted by Gasteiger charge is -2.33. The molecule has 0 aliphatic carbocycles. The predicted octanol–water partition coefficient (Wildman–Crippen LogP) is 6.49. The van der Waals surface area contributed by atoms with Gasteiger partial charge >= 0.3 is 0 Å². The van der Waals surface area contributed by atoms with Gasteiger partial charge in [0.2, 0.25) is 0 Å². The molecule has 0 bridgehead atoms. The molecule has 4 rings (SSSR count). The fourth-order valence-corrected chi connectivity index (χ4v) is 5.94. The van der Waals surface area contributed by atoms with Crippen molar-refractivity contribution in [3.63, 3.8) is 0 Å². The molecule has 0 saturated carbocycles. The highest BCUT2D eigenvalue weighted by molar-refractivity contribution is 8.00. The third-order valence-electron chi connectivity index (χ3n) is 6.90. The summed E-state index contributed by atoms with van der Waals surface area (Å²) < 4.78 is 6.32. The van der Waals surface area contributed by atoms with Crippen molar-refractivity contribution >= 4 is 17.4 Å². The molecule has 192 valence electrons. The Hall–Kier alpha value is -2.35. The zero-order chi connectivity index (χ0) is 26.5. The van der Waals surface area contributed by atoms with Gasteiger partial charge in [0.05, 0.1) is 11.3 Å². The molecule has 36 heavy (non-hydrogen) atoms. The number of hydrogen-bond acceptors (Lipinski definition) is 6. The summed E-state index contributed by atoms with van der Waals surface area (Å²) in [4.78, 5) is 0.900. The first-order valence-electron chi connectivity index (χ1n) is 12.4. The van der Waals surface area contributed by atoms with Gasteiger partial charge in [0.25, 0.3) is 0 Å². The van der Waals surface area contributed by atoms with Crippen LogP contribution < -0.4 is 11.1 Å². The Morgan fingerprint density at radius 1 is 0.861 bits per heavy atom. The summed E-state index contributed by atoms with van der Waals surface area (Å²) in [6, 6.07) is 12.9. The minimum absolute atomic E-state index is 0.357. The molecule has 5 N–H and O–H groups in total. The maximum Gasteiger partial charge on any atom is 0.182 e. The van der Waals surface area contributed by atoms with E-state index in [0.29, 0.717) is 0 Å². The van der Waals surface area contributed by atoms with Crippen LogP contribution in [0.4, 0.5) is 5.69 Å². The van der Waals surface area contributed by atoms with E-state index < -0.39 is 18.0 Å². The summed E-state index contributed by atoms with van der Waals surface area (Å²) in [5.74, 6) is 0. The third-order valence-corrected chi connectivity index (χ3v) is 7.93. The van der Waals surface area contributed by atoms with Crippen LogP contribution in [0.15, 0.2) is 41.3 Å². The van der Waals surface area contributed by atoms with Crippen molar-refractivity contribution in [3.05, 3.63) is 69.8 Å². The molecule has 1 heterocycles. The highest BCUT2D eigenvalue weighted by Crippen LogP contribution is 2.54. The van der Waals surface area contributed by atoms with Crippen molar-refractivity contribution in [2.45, 2.75) is 83.8 Å². The Labute approximate surface area is 219 Å². The number of aryl methyl sites for hydroxylation is 4. The number of benzene rings is 3. The number of aliphatic hydroxyl groups is 2. The molecule has 2 atom stereocenters. The minimum atomic E-state index is -1.71. The molecule has 1 aliphatic rings. The van der Waals surface area contributed by atoms with Crippen LogP contribution in [0.3, 0.4) is 0 Å². The van der Waals surface area contributed by atoms with Crippen molar-refractivity contribution in [1.29, 1.82) is 0 Å². The molecule has 0 fully saturated rings. The fourth-order valence-electron chi connectivity index (χ4n) is 4.88. The van der Waals surface area contributed by atoms with Gasteiger partial charge in [-0.1, -0.05) is 48.2 Å². The summed E-state index contributed by atoms with van der Waals surface area (Å²) >= 11 is 1.49. The molecule has 3 aromatic carbocycles. The molecule has 0 saturated heterocycles. The van der Waals surface area contributed by atoms with E-state index in [1.807, 2.05) is 20.8 Å². The maximum atomic E-state index is 10.6. The number of nitrogens with two attached hydrogens (primary N) is 1. The topological polar surface area (TPSA) is 87.7 Å². The Morgan fingerprint density at radius 3 is 1.86 bits per heavy atom. The molecule has 2 unspecified atom stereocenters. The van der Waals surface area contributed by atoms with Gasteiger partial charge in [-0.05, 0) is 99.9 Å². The summed E-state index contributed by atoms with van der Waals surface area (Å²) in [7, 11) is 0. The van der Waals surface area contributed by atoms with Crippen LogP contribution in [0.5, 0.6) is 0 Å². The van der Waals surface area contributed by atoms with E-state index in [0.717, 1.165) is 44.0 Å². The molecule has 0 amide bonds. The molecular weight excluding hydrogens is 468 g/mol. The SMILES string of the molecule is Cc1ccc(-c2c(C)c(-c3ccc(C)c(C)c3)c(C(OC(C)(C)C)C(O)O)c3c2NC(N)S3)cc1C. The molecule has 5 nitrogen and oxygen atoms in total. The van der Waals surface area contributed by atoms with Gasteiger partial charge in [0.1, 0.15) is 11.6 Å². The number of rotatable bonds is 5. The highest BCUT2D eigenvalue weighted by atomic mass is 32.2. The quantitative estimate of drug-likeness (QED) is 0.296. The first-order chi connectivity index (χ1) is 16.8. The molecule has 0 radical (unpaired) electrons. The van der Waals surface area contributed by atoms with Gasteiger partial charge in [0, 0.05) is 16.0 Å². The zero-order valence-corrected chi connectivity index (χ0v) is 23.3. The average molecular weight is 507 g/mol. The number of ether oxygens (including phenoxy) is 1. The van der Waals surface area contributed by atoms with Crippen LogP contribution in [-0.4, -0.2) is 27.6 Å². The van der Waals surface area contributed by atoms with Gasteiger partial charge in [-0.2, -0.15) is 0 Å². The van der Waals surface area contributed by atoms with E-state index in [2.05, 4.69) is 76.3 Å². The Bertz CT molecular complexity index is 1310. The van der Waals surface area contributed by atoms with E-state index in [-0.39, 0.29) is 5.50 Å². The second-order valence-corrected chi connectivity index (χ2v) is 12.0. The van der Waals surface area contributed by atoms with Crippen LogP contribution in [-0.2, 0) is 4.74 Å². The van der Waals surface area contributed by atoms with E-state index in [4.69, 9.17) is 10.5 Å². The van der Waals surface area contributed by atoms with Gasteiger partial charge in [-0.15, -0.1) is 0 Å². The third kappa shape index (κ3) is 5.06. The monoisotopic (exact) mass is 506 g/mol. The fraction of sp³-hybridized carbons (Fsp3) is 0.400. The molecule has 0 aromatic heterocycles. The van der Waals surface area contributed by atoms with Crippen LogP contribution in [0.2, 0.25) is 0 Å². The van der Waals surface area contributed by atoms with Crippen LogP contribution >= 0.6 is 11.8 Å². The Morgan fingerprint density at radius 2 is 1.39 bits per heavy atom. The van der Waals surface area contributed by atoms with Crippen molar-refractivity contribution in [2.75, 3.05) is 5.32 Å². The average Bonchev–Trinajstić information content (AvgIpc) is 3.15. The van der Waals surface area contributed by atoms with Gasteiger partial charge in [0.15, 0.2) is 6.29 Å². The highest BCUT2D eigenvalue weighted by Gasteiger charge is 2.37. The van der Waals surface area contributed by atoms with E-state index in [1.54, 1.807) is 0 Å². The second kappa shape index (κ2) is 9.84. The predicted molar refractivity (Wildman–Crippen MR) is 150 cm³/mol. The number of anilines is 1. The lowest BCUT2D eigenvalue weighted by molar-refractivity contribution is -0.186. The van der Waals surface area contributed by atoms with E-state index in [1.165, 1.54) is 34.0 Å². The van der Waals surface area contributed by atoms with Crippen LogP contribution in [0.1, 0.15) is 60.3 Å². The Kier molecular flexibility index (Phi) is 7.30. The largest absolute Gasteiger partial charge is 0.366 e. The number of nitrogens with one attached hydrogen (secondary N) is 1. The lowest BCUT2D eigenvalue weighted by Crippen LogP contribution is -2.30. The van der Waals surface area contributed by atoms with Crippen molar-refractivity contribution in [3.8, 4) is 22.3 Å².